The summed E-state index contributed by atoms with van der Waals surface area (Å²) in [6.07, 6.45) is 0.571. The van der Waals surface area contributed by atoms with Gasteiger partial charge in [0.2, 0.25) is 5.95 Å². The Morgan fingerprint density at radius 2 is 2.24 bits per heavy atom. The van der Waals surface area contributed by atoms with Gasteiger partial charge < -0.3 is 25.3 Å². The molecular formula is C12H19N6O3+. The highest BCUT2D eigenvalue weighted by molar-refractivity contribution is 5.72. The van der Waals surface area contributed by atoms with Gasteiger partial charge in [-0.1, -0.05) is 0 Å². The van der Waals surface area contributed by atoms with Crippen molar-refractivity contribution >= 4 is 23.1 Å². The standard InChI is InChI=1S/C12H18N6O3/c1-13-11-15-6-4-18(12(14-2)17-10(6)16-11)9-3-7(20)8(5-19)21-9/h4,7-9,19-20H,3,5H2,1-2H3,(H2,13,14,15,16,17)/p+1/t7-,8+,9?/m0/s1. The van der Waals surface area contributed by atoms with E-state index in [2.05, 4.69) is 25.6 Å². The molecule has 0 aromatic carbocycles. The monoisotopic (exact) mass is 295 g/mol. The average Bonchev–Trinajstić information content (AvgIpc) is 3.07. The molecule has 1 aliphatic rings. The van der Waals surface area contributed by atoms with Gasteiger partial charge in [-0.05, 0) is 4.98 Å². The maximum Gasteiger partial charge on any atom is 0.395 e. The van der Waals surface area contributed by atoms with E-state index in [-0.39, 0.29) is 6.61 Å². The van der Waals surface area contributed by atoms with Crippen molar-refractivity contribution in [2.24, 2.45) is 0 Å². The van der Waals surface area contributed by atoms with Crippen LogP contribution in [0.25, 0.3) is 11.2 Å². The van der Waals surface area contributed by atoms with Crippen molar-refractivity contribution in [1.29, 1.82) is 0 Å². The summed E-state index contributed by atoms with van der Waals surface area (Å²) in [5, 5.41) is 25.0. The highest BCUT2D eigenvalue weighted by atomic mass is 16.5. The second-order valence-corrected chi connectivity index (χ2v) is 4.91. The van der Waals surface area contributed by atoms with Gasteiger partial charge in [0.1, 0.15) is 11.6 Å². The molecule has 3 rings (SSSR count). The number of H-pyrrole nitrogens is 1. The minimum Gasteiger partial charge on any atom is -0.394 e. The molecule has 0 aliphatic carbocycles. The lowest BCUT2D eigenvalue weighted by Crippen LogP contribution is -2.42. The summed E-state index contributed by atoms with van der Waals surface area (Å²) in [6.45, 7) is -0.212. The van der Waals surface area contributed by atoms with Gasteiger partial charge in [-0.25, -0.2) is 4.57 Å². The van der Waals surface area contributed by atoms with Crippen LogP contribution in [-0.2, 0) is 4.74 Å². The van der Waals surface area contributed by atoms with E-state index in [1.165, 1.54) is 0 Å². The molecule has 0 bridgehead atoms. The van der Waals surface area contributed by atoms with Crippen LogP contribution in [0.3, 0.4) is 0 Å². The molecule has 0 amide bonds. The molecule has 2 aromatic rings. The summed E-state index contributed by atoms with van der Waals surface area (Å²) in [7, 11) is 3.53. The lowest BCUT2D eigenvalue weighted by Gasteiger charge is -2.12. The van der Waals surface area contributed by atoms with Crippen molar-refractivity contribution in [3.05, 3.63) is 6.20 Å². The zero-order valence-corrected chi connectivity index (χ0v) is 11.9. The molecule has 5 N–H and O–H groups in total. The van der Waals surface area contributed by atoms with E-state index in [0.717, 1.165) is 5.52 Å². The van der Waals surface area contributed by atoms with Crippen molar-refractivity contribution in [1.82, 2.24) is 15.0 Å². The quantitative estimate of drug-likeness (QED) is 0.457. The molecule has 2 aromatic heterocycles. The molecule has 9 nitrogen and oxygen atoms in total. The first-order valence-electron chi connectivity index (χ1n) is 6.78. The number of hydrogen-bond acceptors (Lipinski definition) is 7. The number of nitrogens with zero attached hydrogens (tertiary/aromatic N) is 3. The van der Waals surface area contributed by atoms with E-state index in [9.17, 15) is 10.2 Å². The molecule has 114 valence electrons. The first-order valence-corrected chi connectivity index (χ1v) is 6.78. The van der Waals surface area contributed by atoms with Gasteiger partial charge in [0.25, 0.3) is 5.65 Å². The molecule has 0 spiro atoms. The van der Waals surface area contributed by atoms with E-state index in [4.69, 9.17) is 4.74 Å². The topological polar surface area (TPSA) is 119 Å². The van der Waals surface area contributed by atoms with Crippen LogP contribution in [0, 0.1) is 0 Å². The number of aliphatic hydroxyl groups is 2. The molecular weight excluding hydrogens is 276 g/mol. The zero-order valence-electron chi connectivity index (χ0n) is 11.9. The highest BCUT2D eigenvalue weighted by Crippen LogP contribution is 2.26. The molecule has 21 heavy (non-hydrogen) atoms. The normalized spacial score (nSPS) is 25.4. The number of nitrogens with one attached hydrogen (secondary N) is 3. The maximum absolute atomic E-state index is 9.87. The van der Waals surface area contributed by atoms with E-state index in [1.807, 2.05) is 6.20 Å². The van der Waals surface area contributed by atoms with Crippen LogP contribution < -0.4 is 15.2 Å². The Hall–Kier alpha value is -1.97. The Morgan fingerprint density at radius 3 is 2.86 bits per heavy atom. The maximum atomic E-state index is 9.87. The van der Waals surface area contributed by atoms with Gasteiger partial charge in [0, 0.05) is 13.5 Å². The third kappa shape index (κ3) is 2.39. The third-order valence-electron chi connectivity index (χ3n) is 3.59. The number of hydrogen-bond donors (Lipinski definition) is 5. The lowest BCUT2D eigenvalue weighted by molar-refractivity contribution is -0.748. The Kier molecular flexibility index (Phi) is 3.62. The van der Waals surface area contributed by atoms with Crippen molar-refractivity contribution in [2.45, 2.75) is 24.9 Å². The predicted octanol–water partition coefficient (Wildman–Crippen LogP) is -1.03. The van der Waals surface area contributed by atoms with Crippen molar-refractivity contribution in [3.63, 3.8) is 0 Å². The molecule has 0 radical (unpaired) electrons. The molecule has 0 saturated carbocycles. The highest BCUT2D eigenvalue weighted by Gasteiger charge is 2.38. The van der Waals surface area contributed by atoms with Crippen LogP contribution in [-0.4, -0.2) is 58.1 Å². The molecule has 3 heterocycles. The first kappa shape index (κ1) is 14.0. The van der Waals surface area contributed by atoms with Crippen LogP contribution in [0.4, 0.5) is 11.9 Å². The van der Waals surface area contributed by atoms with Crippen LogP contribution in [0.15, 0.2) is 6.20 Å². The minimum atomic E-state index is -0.692. The van der Waals surface area contributed by atoms with Gasteiger partial charge in [0.05, 0.1) is 26.0 Å². The fraction of sp³-hybridized carbons (Fsp3) is 0.583. The van der Waals surface area contributed by atoms with Crippen LogP contribution in [0.5, 0.6) is 0 Å². The first-order chi connectivity index (χ1) is 10.2. The second-order valence-electron chi connectivity index (χ2n) is 4.91. The number of fused-ring (bicyclic) bond motifs is 1. The number of ether oxygens (including phenoxy) is 1. The number of aromatic amines is 1. The average molecular weight is 295 g/mol. The SMILES string of the molecule is CNc1nc2nc(NC)[n+](C3C[C@H](O)[C@@H](CO)O3)cc2[nH]1. The fourth-order valence-electron chi connectivity index (χ4n) is 2.48. The summed E-state index contributed by atoms with van der Waals surface area (Å²) in [4.78, 5) is 11.8. The van der Waals surface area contributed by atoms with E-state index >= 15 is 0 Å². The van der Waals surface area contributed by atoms with Crippen molar-refractivity contribution in [3.8, 4) is 0 Å². The van der Waals surface area contributed by atoms with E-state index < -0.39 is 18.4 Å². The molecule has 1 aliphatic heterocycles. The van der Waals surface area contributed by atoms with Crippen LogP contribution in [0.2, 0.25) is 0 Å². The zero-order chi connectivity index (χ0) is 15.0. The van der Waals surface area contributed by atoms with Gasteiger partial charge in [-0.2, -0.15) is 4.98 Å². The van der Waals surface area contributed by atoms with Gasteiger partial charge in [-0.3, -0.25) is 5.32 Å². The Morgan fingerprint density at radius 1 is 1.43 bits per heavy atom. The number of aliphatic hydroxyl groups excluding tert-OH is 2. The van der Waals surface area contributed by atoms with E-state index in [1.54, 1.807) is 18.7 Å². The molecule has 1 saturated heterocycles. The molecule has 1 fully saturated rings. The summed E-state index contributed by atoms with van der Waals surface area (Å²) < 4.78 is 7.46. The minimum absolute atomic E-state index is 0.212. The summed E-state index contributed by atoms with van der Waals surface area (Å²) in [6, 6.07) is 0. The Labute approximate surface area is 121 Å². The predicted molar refractivity (Wildman–Crippen MR) is 74.8 cm³/mol. The Balaban J connectivity index is 2.00. The van der Waals surface area contributed by atoms with Gasteiger partial charge in [-0.15, -0.1) is 0 Å². The lowest BCUT2D eigenvalue weighted by atomic mass is 10.2. The van der Waals surface area contributed by atoms with Crippen LogP contribution >= 0.6 is 0 Å². The summed E-state index contributed by atoms with van der Waals surface area (Å²) >= 11 is 0. The largest absolute Gasteiger partial charge is 0.395 e. The van der Waals surface area contributed by atoms with Crippen molar-refractivity contribution < 1.29 is 19.5 Å². The van der Waals surface area contributed by atoms with Crippen molar-refractivity contribution in [2.75, 3.05) is 31.3 Å². The third-order valence-corrected chi connectivity index (χ3v) is 3.59. The number of imidazole rings is 1. The molecule has 1 unspecified atom stereocenters. The smallest absolute Gasteiger partial charge is 0.394 e. The van der Waals surface area contributed by atoms with Crippen LogP contribution in [0.1, 0.15) is 12.6 Å². The second kappa shape index (κ2) is 5.43. The number of aromatic nitrogens is 4. The number of anilines is 2. The summed E-state index contributed by atoms with van der Waals surface area (Å²) in [5.41, 5.74) is 1.33. The molecule has 9 heteroatoms. The Bertz CT molecular complexity index is 645. The fourth-order valence-corrected chi connectivity index (χ4v) is 2.48. The van der Waals surface area contributed by atoms with E-state index in [0.29, 0.717) is 24.0 Å². The van der Waals surface area contributed by atoms with Gasteiger partial charge in [0.15, 0.2) is 6.23 Å². The number of rotatable bonds is 4. The van der Waals surface area contributed by atoms with Gasteiger partial charge >= 0.3 is 5.95 Å². The summed E-state index contributed by atoms with van der Waals surface area (Å²) in [5.74, 6) is 1.20. The molecule has 3 atom stereocenters.